The average Bonchev–Trinajstić information content (AvgIpc) is 2.47. The molecule has 1 N–H and O–H groups in total. The van der Waals surface area contributed by atoms with E-state index in [1.165, 1.54) is 43.2 Å². The van der Waals surface area contributed by atoms with E-state index in [4.69, 9.17) is 9.47 Å². The molecule has 2 aliphatic rings. The summed E-state index contributed by atoms with van der Waals surface area (Å²) in [4.78, 5) is 0. The third-order valence-electron chi connectivity index (χ3n) is 4.73. The molecule has 0 amide bonds. The van der Waals surface area contributed by atoms with E-state index in [9.17, 15) is 0 Å². The lowest BCUT2D eigenvalue weighted by Crippen LogP contribution is -2.44. The Balaban J connectivity index is 2.12. The lowest BCUT2D eigenvalue weighted by molar-refractivity contribution is 0.253. The number of fused-ring (bicyclic) bond motifs is 2. The fourth-order valence-electron chi connectivity index (χ4n) is 3.85. The molecule has 3 heteroatoms. The maximum atomic E-state index is 5.67. The van der Waals surface area contributed by atoms with E-state index >= 15 is 0 Å². The van der Waals surface area contributed by atoms with Gasteiger partial charge in [0.15, 0.2) is 0 Å². The minimum atomic E-state index is 0.281. The molecule has 0 bridgehead atoms. The zero-order valence-corrected chi connectivity index (χ0v) is 11.9. The van der Waals surface area contributed by atoms with Crippen molar-refractivity contribution in [2.45, 2.75) is 44.1 Å². The largest absolute Gasteiger partial charge is 0.497 e. The predicted molar refractivity (Wildman–Crippen MR) is 76.0 cm³/mol. The number of hydrogen-bond acceptors (Lipinski definition) is 3. The van der Waals surface area contributed by atoms with Gasteiger partial charge in [0.1, 0.15) is 11.5 Å². The maximum absolute atomic E-state index is 5.67. The Kier molecular flexibility index (Phi) is 3.40. The highest BCUT2D eigenvalue weighted by molar-refractivity contribution is 5.52. The molecule has 3 nitrogen and oxygen atoms in total. The third-order valence-corrected chi connectivity index (χ3v) is 4.73. The summed E-state index contributed by atoms with van der Waals surface area (Å²) in [5, 5.41) is 3.59. The first-order valence-corrected chi connectivity index (χ1v) is 7.25. The van der Waals surface area contributed by atoms with Crippen LogP contribution in [-0.4, -0.2) is 20.8 Å². The quantitative estimate of drug-likeness (QED) is 0.887. The SMILES string of the molecule is COc1cc2c(c(OC)c1)C1(CCCCC1)CNC2. The van der Waals surface area contributed by atoms with Crippen molar-refractivity contribution in [3.63, 3.8) is 0 Å². The minimum Gasteiger partial charge on any atom is -0.497 e. The molecule has 104 valence electrons. The second kappa shape index (κ2) is 5.04. The van der Waals surface area contributed by atoms with Crippen molar-refractivity contribution in [1.29, 1.82) is 0 Å². The highest BCUT2D eigenvalue weighted by atomic mass is 16.5. The van der Waals surface area contributed by atoms with Gasteiger partial charge in [-0.25, -0.2) is 0 Å². The van der Waals surface area contributed by atoms with Crippen LogP contribution in [0, 0.1) is 0 Å². The van der Waals surface area contributed by atoms with Gasteiger partial charge in [-0.15, -0.1) is 0 Å². The number of nitrogens with one attached hydrogen (secondary N) is 1. The third kappa shape index (κ3) is 2.10. The Labute approximate surface area is 115 Å². The predicted octanol–water partition coefficient (Wildman–Crippen LogP) is 3.01. The van der Waals surface area contributed by atoms with Crippen LogP contribution in [0.5, 0.6) is 11.5 Å². The number of hydrogen-bond donors (Lipinski definition) is 1. The fourth-order valence-corrected chi connectivity index (χ4v) is 3.85. The molecule has 1 fully saturated rings. The van der Waals surface area contributed by atoms with E-state index in [2.05, 4.69) is 11.4 Å². The van der Waals surface area contributed by atoms with Gasteiger partial charge in [-0.2, -0.15) is 0 Å². The molecule has 1 heterocycles. The summed E-state index contributed by atoms with van der Waals surface area (Å²) in [5.74, 6) is 1.91. The van der Waals surface area contributed by atoms with Gasteiger partial charge in [0.2, 0.25) is 0 Å². The van der Waals surface area contributed by atoms with Crippen molar-refractivity contribution >= 4 is 0 Å². The van der Waals surface area contributed by atoms with Gasteiger partial charge in [0, 0.05) is 30.1 Å². The molecule has 3 rings (SSSR count). The van der Waals surface area contributed by atoms with Crippen LogP contribution in [0.15, 0.2) is 12.1 Å². The van der Waals surface area contributed by atoms with Crippen molar-refractivity contribution in [3.05, 3.63) is 23.3 Å². The standard InChI is InChI=1S/C16H23NO2/c1-18-13-8-12-10-17-11-16(6-4-3-5-7-16)15(12)14(9-13)19-2/h8-9,17H,3-7,10-11H2,1-2H3. The van der Waals surface area contributed by atoms with E-state index in [1.807, 2.05) is 6.07 Å². The van der Waals surface area contributed by atoms with Crippen LogP contribution in [0.1, 0.15) is 43.2 Å². The van der Waals surface area contributed by atoms with E-state index in [0.717, 1.165) is 24.6 Å². The zero-order valence-electron chi connectivity index (χ0n) is 11.9. The average molecular weight is 261 g/mol. The van der Waals surface area contributed by atoms with Gasteiger partial charge in [-0.1, -0.05) is 19.3 Å². The van der Waals surface area contributed by atoms with Crippen LogP contribution in [0.25, 0.3) is 0 Å². The molecule has 1 aliphatic heterocycles. The molecule has 1 spiro atoms. The molecule has 0 aromatic heterocycles. The molecule has 1 aliphatic carbocycles. The first-order valence-electron chi connectivity index (χ1n) is 7.25. The summed E-state index contributed by atoms with van der Waals surface area (Å²) in [6.45, 7) is 2.01. The Morgan fingerprint density at radius 1 is 1.05 bits per heavy atom. The molecule has 0 radical (unpaired) electrons. The molecule has 1 saturated carbocycles. The van der Waals surface area contributed by atoms with Crippen LogP contribution in [0.3, 0.4) is 0 Å². The molecular weight excluding hydrogens is 238 g/mol. The van der Waals surface area contributed by atoms with Crippen molar-refractivity contribution in [2.75, 3.05) is 20.8 Å². The van der Waals surface area contributed by atoms with Crippen molar-refractivity contribution < 1.29 is 9.47 Å². The fraction of sp³-hybridized carbons (Fsp3) is 0.625. The minimum absolute atomic E-state index is 0.281. The Morgan fingerprint density at radius 3 is 2.53 bits per heavy atom. The summed E-state index contributed by atoms with van der Waals surface area (Å²) in [6.07, 6.45) is 6.58. The van der Waals surface area contributed by atoms with Gasteiger partial charge >= 0.3 is 0 Å². The highest BCUT2D eigenvalue weighted by Gasteiger charge is 2.40. The smallest absolute Gasteiger partial charge is 0.126 e. The summed E-state index contributed by atoms with van der Waals surface area (Å²) < 4.78 is 11.1. The molecule has 0 saturated heterocycles. The van der Waals surface area contributed by atoms with Crippen LogP contribution >= 0.6 is 0 Å². The lowest BCUT2D eigenvalue weighted by Gasteiger charge is -2.43. The second-order valence-electron chi connectivity index (χ2n) is 5.81. The van der Waals surface area contributed by atoms with Crippen molar-refractivity contribution in [1.82, 2.24) is 5.32 Å². The summed E-state index contributed by atoms with van der Waals surface area (Å²) >= 11 is 0. The van der Waals surface area contributed by atoms with Gasteiger partial charge in [0.05, 0.1) is 14.2 Å². The van der Waals surface area contributed by atoms with E-state index in [-0.39, 0.29) is 5.41 Å². The Hall–Kier alpha value is -1.22. The summed E-state index contributed by atoms with van der Waals surface area (Å²) in [5.41, 5.74) is 3.07. The summed E-state index contributed by atoms with van der Waals surface area (Å²) in [6, 6.07) is 4.21. The second-order valence-corrected chi connectivity index (χ2v) is 5.81. The number of ether oxygens (including phenoxy) is 2. The molecule has 1 aromatic rings. The number of benzene rings is 1. The van der Waals surface area contributed by atoms with E-state index < -0.39 is 0 Å². The number of methoxy groups -OCH3 is 2. The van der Waals surface area contributed by atoms with Crippen molar-refractivity contribution in [3.8, 4) is 11.5 Å². The first kappa shape index (κ1) is 12.8. The van der Waals surface area contributed by atoms with Crippen LogP contribution < -0.4 is 14.8 Å². The zero-order chi connectivity index (χ0) is 13.3. The van der Waals surface area contributed by atoms with Crippen molar-refractivity contribution in [2.24, 2.45) is 0 Å². The first-order chi connectivity index (χ1) is 9.29. The van der Waals surface area contributed by atoms with E-state index in [0.29, 0.717) is 0 Å². The van der Waals surface area contributed by atoms with Gasteiger partial charge in [-0.3, -0.25) is 0 Å². The molecule has 1 aromatic carbocycles. The summed E-state index contributed by atoms with van der Waals surface area (Å²) in [7, 11) is 3.49. The topological polar surface area (TPSA) is 30.5 Å². The Morgan fingerprint density at radius 2 is 1.84 bits per heavy atom. The maximum Gasteiger partial charge on any atom is 0.126 e. The van der Waals surface area contributed by atoms with Crippen LogP contribution in [0.2, 0.25) is 0 Å². The Bertz CT molecular complexity index is 447. The number of rotatable bonds is 2. The lowest BCUT2D eigenvalue weighted by atomic mass is 9.66. The highest BCUT2D eigenvalue weighted by Crippen LogP contribution is 2.47. The van der Waals surface area contributed by atoms with E-state index in [1.54, 1.807) is 14.2 Å². The molecule has 19 heavy (non-hydrogen) atoms. The van der Waals surface area contributed by atoms with Gasteiger partial charge < -0.3 is 14.8 Å². The van der Waals surface area contributed by atoms with Gasteiger partial charge in [-0.05, 0) is 24.5 Å². The molecular formula is C16H23NO2. The van der Waals surface area contributed by atoms with Crippen LogP contribution in [0.4, 0.5) is 0 Å². The monoisotopic (exact) mass is 261 g/mol. The molecule has 0 atom stereocenters. The molecule has 0 unspecified atom stereocenters. The van der Waals surface area contributed by atoms with Crippen LogP contribution in [-0.2, 0) is 12.0 Å². The van der Waals surface area contributed by atoms with Gasteiger partial charge in [0.25, 0.3) is 0 Å². The normalized spacial score (nSPS) is 20.9.